The Kier molecular flexibility index (Phi) is 10.2. The van der Waals surface area contributed by atoms with Crippen LogP contribution in [-0.2, 0) is 6.54 Å². The summed E-state index contributed by atoms with van der Waals surface area (Å²) >= 11 is 0. The van der Waals surface area contributed by atoms with Gasteiger partial charge in [-0.25, -0.2) is 9.78 Å². The van der Waals surface area contributed by atoms with Crippen LogP contribution in [0, 0.1) is 11.8 Å². The maximum atomic E-state index is 14.2. The van der Waals surface area contributed by atoms with Gasteiger partial charge in [0.1, 0.15) is 11.3 Å². The number of unbranched alkanes of at least 4 members (excludes halogenated alkanes) is 1. The van der Waals surface area contributed by atoms with Crippen molar-refractivity contribution < 1.29 is 4.79 Å². The molecular formula is C35H41N5O2. The fourth-order valence-electron chi connectivity index (χ4n) is 5.16. The Morgan fingerprint density at radius 2 is 1.67 bits per heavy atom. The van der Waals surface area contributed by atoms with Crippen molar-refractivity contribution in [2.45, 2.75) is 72.3 Å². The lowest BCUT2D eigenvalue weighted by Gasteiger charge is -2.21. The van der Waals surface area contributed by atoms with E-state index >= 15 is 0 Å². The molecule has 0 atom stereocenters. The molecule has 2 aromatic heterocycles. The summed E-state index contributed by atoms with van der Waals surface area (Å²) in [5.41, 5.74) is 11.2. The van der Waals surface area contributed by atoms with Gasteiger partial charge < -0.3 is 16.4 Å². The molecule has 7 heteroatoms. The Labute approximate surface area is 248 Å². The van der Waals surface area contributed by atoms with E-state index in [4.69, 9.17) is 5.73 Å². The molecule has 218 valence electrons. The van der Waals surface area contributed by atoms with Crippen LogP contribution in [0.15, 0.2) is 65.6 Å². The first-order valence-corrected chi connectivity index (χ1v) is 14.8. The lowest BCUT2D eigenvalue weighted by Crippen LogP contribution is -2.30. The minimum absolute atomic E-state index is 0.204. The van der Waals surface area contributed by atoms with Crippen LogP contribution < -0.4 is 21.9 Å². The van der Waals surface area contributed by atoms with E-state index in [1.165, 1.54) is 0 Å². The third-order valence-corrected chi connectivity index (χ3v) is 7.26. The third-order valence-electron chi connectivity index (χ3n) is 7.26. The number of carbonyl (C=O) groups excluding carboxylic acids is 1. The van der Waals surface area contributed by atoms with Gasteiger partial charge in [-0.3, -0.25) is 9.36 Å². The molecule has 4 aromatic rings. The number of nitrogens with two attached hydrogens (primary N) is 1. The number of anilines is 2. The van der Waals surface area contributed by atoms with E-state index in [0.717, 1.165) is 46.2 Å². The van der Waals surface area contributed by atoms with Crippen LogP contribution in [0.25, 0.3) is 22.2 Å². The number of benzene rings is 2. The normalized spacial score (nSPS) is 11.0. The molecule has 2 heterocycles. The summed E-state index contributed by atoms with van der Waals surface area (Å²) < 4.78 is 1.67. The summed E-state index contributed by atoms with van der Waals surface area (Å²) in [6.45, 7) is 11.5. The number of carbonyl (C=O) groups is 1. The molecular weight excluding hydrogens is 522 g/mol. The molecule has 0 aliphatic rings. The number of hydrogen-bond acceptors (Lipinski definition) is 4. The zero-order chi connectivity index (χ0) is 30.2. The Bertz CT molecular complexity index is 1670. The van der Waals surface area contributed by atoms with Gasteiger partial charge in [0.2, 0.25) is 0 Å². The molecule has 0 aliphatic heterocycles. The second-order valence-corrected chi connectivity index (χ2v) is 11.1. The quantitative estimate of drug-likeness (QED) is 0.184. The SMILES string of the molecule is CCCCn1c(=O)c(NC(=O)Nc2c(C(C)C)cccc2C(C)C)c(-c2cccc(C#CCCN)c2)c2cccnc21. The van der Waals surface area contributed by atoms with Crippen LogP contribution in [0.5, 0.6) is 0 Å². The standard InChI is InChI=1S/C35H41N5O2/c1-6-7-21-40-33-29(18-12-20-37-33)30(26-15-10-14-25(22-26)13-8-9-19-36)32(34(40)41)39-35(42)38-31-27(23(2)3)16-11-17-28(31)24(4)5/h10-12,14-18,20,22-24H,6-7,9,19,21,36H2,1-5H3,(H2,38,39,42). The van der Waals surface area contributed by atoms with Gasteiger partial charge in [0.15, 0.2) is 0 Å². The van der Waals surface area contributed by atoms with E-state index in [1.54, 1.807) is 10.8 Å². The molecule has 0 aliphatic carbocycles. The highest BCUT2D eigenvalue weighted by Gasteiger charge is 2.22. The largest absolute Gasteiger partial charge is 0.330 e. The number of aryl methyl sites for hydroxylation is 1. The number of para-hydroxylation sites is 1. The van der Waals surface area contributed by atoms with Crippen molar-refractivity contribution in [3.05, 3.63) is 87.8 Å². The number of fused-ring (bicyclic) bond motifs is 1. The first-order chi connectivity index (χ1) is 20.3. The molecule has 2 aromatic carbocycles. The maximum absolute atomic E-state index is 14.2. The van der Waals surface area contributed by atoms with Crippen molar-refractivity contribution in [2.75, 3.05) is 17.2 Å². The van der Waals surface area contributed by atoms with Crippen molar-refractivity contribution >= 4 is 28.4 Å². The summed E-state index contributed by atoms with van der Waals surface area (Å²) in [5.74, 6) is 6.64. The fraction of sp³-hybridized carbons (Fsp3) is 0.343. The zero-order valence-electron chi connectivity index (χ0n) is 25.3. The molecule has 0 saturated carbocycles. The van der Waals surface area contributed by atoms with Crippen molar-refractivity contribution in [1.82, 2.24) is 9.55 Å². The van der Waals surface area contributed by atoms with Gasteiger partial charge in [-0.05, 0) is 59.2 Å². The van der Waals surface area contributed by atoms with Gasteiger partial charge in [-0.1, -0.05) is 83.2 Å². The number of rotatable bonds is 9. The molecule has 42 heavy (non-hydrogen) atoms. The Morgan fingerprint density at radius 1 is 0.976 bits per heavy atom. The van der Waals surface area contributed by atoms with Crippen molar-refractivity contribution in [2.24, 2.45) is 5.73 Å². The van der Waals surface area contributed by atoms with Gasteiger partial charge in [-0.2, -0.15) is 0 Å². The molecule has 0 unspecified atom stereocenters. The number of nitrogens with one attached hydrogen (secondary N) is 2. The van der Waals surface area contributed by atoms with E-state index < -0.39 is 6.03 Å². The molecule has 2 amide bonds. The van der Waals surface area contributed by atoms with Crippen molar-refractivity contribution in [3.63, 3.8) is 0 Å². The molecule has 0 bridgehead atoms. The van der Waals surface area contributed by atoms with Gasteiger partial charge in [0.25, 0.3) is 5.56 Å². The molecule has 4 N–H and O–H groups in total. The average molecular weight is 564 g/mol. The molecule has 4 rings (SSSR count). The van der Waals surface area contributed by atoms with Crippen LogP contribution in [0.2, 0.25) is 0 Å². The summed E-state index contributed by atoms with van der Waals surface area (Å²) in [7, 11) is 0. The molecule has 7 nitrogen and oxygen atoms in total. The second-order valence-electron chi connectivity index (χ2n) is 11.1. The van der Waals surface area contributed by atoms with Crippen LogP contribution in [0.1, 0.15) is 82.4 Å². The van der Waals surface area contributed by atoms with Gasteiger partial charge in [-0.15, -0.1) is 0 Å². The lowest BCUT2D eigenvalue weighted by atomic mass is 9.93. The maximum Gasteiger partial charge on any atom is 0.323 e. The Morgan fingerprint density at radius 3 is 2.33 bits per heavy atom. The predicted octanol–water partition coefficient (Wildman–Crippen LogP) is 7.45. The smallest absolute Gasteiger partial charge is 0.323 e. The van der Waals surface area contributed by atoms with Crippen LogP contribution in [0.3, 0.4) is 0 Å². The summed E-state index contributed by atoms with van der Waals surface area (Å²) in [4.78, 5) is 32.5. The van der Waals surface area contributed by atoms with Gasteiger partial charge in [0.05, 0.1) is 0 Å². The topological polar surface area (TPSA) is 102 Å². The Hall–Kier alpha value is -4.41. The number of pyridine rings is 2. The molecule has 0 fully saturated rings. The van der Waals surface area contributed by atoms with Crippen molar-refractivity contribution in [1.29, 1.82) is 0 Å². The number of amides is 2. The van der Waals surface area contributed by atoms with Crippen LogP contribution >= 0.6 is 0 Å². The highest BCUT2D eigenvalue weighted by Crippen LogP contribution is 2.35. The summed E-state index contributed by atoms with van der Waals surface area (Å²) in [5, 5.41) is 6.86. The number of urea groups is 1. The first kappa shape index (κ1) is 30.5. The minimum atomic E-state index is -0.465. The van der Waals surface area contributed by atoms with Crippen LogP contribution in [-0.4, -0.2) is 22.1 Å². The number of aromatic nitrogens is 2. The third kappa shape index (κ3) is 6.72. The average Bonchev–Trinajstić information content (AvgIpc) is 2.97. The Balaban J connectivity index is 1.90. The molecule has 0 spiro atoms. The monoisotopic (exact) mass is 563 g/mol. The molecule has 0 radical (unpaired) electrons. The van der Waals surface area contributed by atoms with E-state index in [2.05, 4.69) is 62.1 Å². The van der Waals surface area contributed by atoms with Gasteiger partial charge >= 0.3 is 6.03 Å². The van der Waals surface area contributed by atoms with E-state index in [-0.39, 0.29) is 23.1 Å². The zero-order valence-corrected chi connectivity index (χ0v) is 25.3. The highest BCUT2D eigenvalue weighted by atomic mass is 16.2. The number of nitrogens with zero attached hydrogens (tertiary/aromatic N) is 2. The van der Waals surface area contributed by atoms with Crippen LogP contribution in [0.4, 0.5) is 16.2 Å². The predicted molar refractivity (Wildman–Crippen MR) is 174 cm³/mol. The first-order valence-electron chi connectivity index (χ1n) is 14.8. The fourth-order valence-corrected chi connectivity index (χ4v) is 5.16. The van der Waals surface area contributed by atoms with E-state index in [9.17, 15) is 9.59 Å². The molecule has 0 saturated heterocycles. The highest BCUT2D eigenvalue weighted by molar-refractivity contribution is 6.07. The van der Waals surface area contributed by atoms with Crippen molar-refractivity contribution in [3.8, 4) is 23.0 Å². The summed E-state index contributed by atoms with van der Waals surface area (Å²) in [6, 6.07) is 17.1. The minimum Gasteiger partial charge on any atom is -0.330 e. The van der Waals surface area contributed by atoms with Gasteiger partial charge in [0, 0.05) is 47.9 Å². The number of hydrogen-bond donors (Lipinski definition) is 3. The second kappa shape index (κ2) is 14.0. The van der Waals surface area contributed by atoms with E-state index in [1.807, 2.05) is 54.6 Å². The lowest BCUT2D eigenvalue weighted by molar-refractivity contribution is 0.262. The van der Waals surface area contributed by atoms with E-state index in [0.29, 0.717) is 30.7 Å². The summed E-state index contributed by atoms with van der Waals surface area (Å²) in [6.07, 6.45) is 4.01.